The van der Waals surface area contributed by atoms with E-state index in [-0.39, 0.29) is 53.8 Å². The van der Waals surface area contributed by atoms with Gasteiger partial charge in [-0.05, 0) is 62.3 Å². The fraction of sp³-hybridized carbons (Fsp3) is 1.00. The summed E-state index contributed by atoms with van der Waals surface area (Å²) in [4.78, 5) is 7.15. The van der Waals surface area contributed by atoms with Crippen molar-refractivity contribution in [1.29, 1.82) is 0 Å². The van der Waals surface area contributed by atoms with Crippen LogP contribution in [0.3, 0.4) is 0 Å². The van der Waals surface area contributed by atoms with Crippen molar-refractivity contribution in [2.45, 2.75) is 110 Å². The second-order valence-electron chi connectivity index (χ2n) is 13.4. The Bertz CT molecular complexity index is 674. The van der Waals surface area contributed by atoms with Gasteiger partial charge in [0.25, 0.3) is 0 Å². The maximum Gasteiger partial charge on any atom is 0.135 e. The molecule has 0 radical (unpaired) electrons. The van der Waals surface area contributed by atoms with Crippen molar-refractivity contribution in [3.63, 3.8) is 0 Å². The number of aliphatic hydroxyl groups is 1. The lowest BCUT2D eigenvalue weighted by molar-refractivity contribution is -0.236. The first-order valence-electron chi connectivity index (χ1n) is 13.6. The lowest BCUT2D eigenvalue weighted by Crippen LogP contribution is -2.65. The van der Waals surface area contributed by atoms with Crippen LogP contribution >= 0.6 is 0 Å². The number of morpholine rings is 3. The average molecular weight is 516 g/mol. The third-order valence-corrected chi connectivity index (χ3v) is 7.36. The largest absolute Gasteiger partial charge is 0.395 e. The lowest BCUT2D eigenvalue weighted by Gasteiger charge is -2.51. The highest BCUT2D eigenvalue weighted by Crippen LogP contribution is 2.29. The Hall–Kier alpha value is -0.360. The van der Waals surface area contributed by atoms with Gasteiger partial charge in [0.2, 0.25) is 0 Å². The van der Waals surface area contributed by atoms with E-state index in [1.165, 1.54) is 0 Å². The highest BCUT2D eigenvalue weighted by atomic mass is 16.6. The van der Waals surface area contributed by atoms with Crippen LogP contribution in [0.1, 0.15) is 62.3 Å². The van der Waals surface area contributed by atoms with E-state index in [1.54, 1.807) is 0 Å². The van der Waals surface area contributed by atoms with E-state index in [0.717, 1.165) is 13.2 Å². The van der Waals surface area contributed by atoms with E-state index in [1.807, 2.05) is 0 Å². The van der Waals surface area contributed by atoms with Gasteiger partial charge in [0, 0.05) is 23.2 Å². The predicted molar refractivity (Wildman–Crippen MR) is 140 cm³/mol. The number of hydrogen-bond donors (Lipinski definition) is 1. The molecule has 0 spiro atoms. The molecule has 0 amide bonds. The van der Waals surface area contributed by atoms with Gasteiger partial charge in [0.15, 0.2) is 0 Å². The standard InChI is InChI=1S/C27H53N3O6/c1-25(2,3)28-10-11-32-14-21(28)16-35-24-19-34-15-22(30(24)27(7,8)9)17-36-23-18-33-13-20(12-31)29(23)26(4,5)6/h20-24,31H,10-19H2,1-9H3/t20-,21?,22-,23?,24?/m0/s1. The molecular weight excluding hydrogens is 462 g/mol. The van der Waals surface area contributed by atoms with Gasteiger partial charge in [-0.2, -0.15) is 0 Å². The molecule has 3 fully saturated rings. The van der Waals surface area contributed by atoms with Crippen LogP contribution in [0.4, 0.5) is 0 Å². The van der Waals surface area contributed by atoms with Crippen LogP contribution in [0.5, 0.6) is 0 Å². The van der Waals surface area contributed by atoms with Crippen LogP contribution in [-0.2, 0) is 23.7 Å². The summed E-state index contributed by atoms with van der Waals surface area (Å²) in [5, 5.41) is 9.94. The van der Waals surface area contributed by atoms with Crippen molar-refractivity contribution in [2.75, 3.05) is 66.0 Å². The van der Waals surface area contributed by atoms with E-state index in [9.17, 15) is 5.11 Å². The van der Waals surface area contributed by atoms with Crippen LogP contribution in [0.2, 0.25) is 0 Å². The molecule has 5 atom stereocenters. The second-order valence-corrected chi connectivity index (χ2v) is 13.4. The Balaban J connectivity index is 1.68. The number of hydrogen-bond acceptors (Lipinski definition) is 9. The molecule has 3 aliphatic rings. The second kappa shape index (κ2) is 12.2. The summed E-state index contributed by atoms with van der Waals surface area (Å²) in [5.41, 5.74) is -0.217. The fourth-order valence-corrected chi connectivity index (χ4v) is 6.01. The number of rotatable bonds is 7. The molecular formula is C27H53N3O6. The molecule has 3 heterocycles. The van der Waals surface area contributed by atoms with Gasteiger partial charge in [-0.1, -0.05) is 0 Å². The Kier molecular flexibility index (Phi) is 10.2. The van der Waals surface area contributed by atoms with Crippen LogP contribution in [0.15, 0.2) is 0 Å². The van der Waals surface area contributed by atoms with Gasteiger partial charge in [0.1, 0.15) is 12.5 Å². The number of ether oxygens (including phenoxy) is 5. The molecule has 3 unspecified atom stereocenters. The topological polar surface area (TPSA) is 76.1 Å². The molecule has 3 rings (SSSR count). The number of nitrogens with zero attached hydrogens (tertiary/aromatic N) is 3. The maximum atomic E-state index is 9.94. The Labute approximate surface area is 219 Å². The van der Waals surface area contributed by atoms with Crippen LogP contribution in [-0.4, -0.2) is 133 Å². The molecule has 9 heteroatoms. The third kappa shape index (κ3) is 7.61. The molecule has 0 aliphatic carbocycles. The summed E-state index contributed by atoms with van der Waals surface area (Å²) in [6.07, 6.45) is -0.388. The smallest absolute Gasteiger partial charge is 0.135 e. The quantitative estimate of drug-likeness (QED) is 0.549. The molecule has 212 valence electrons. The molecule has 0 aromatic carbocycles. The molecule has 0 aromatic rings. The SMILES string of the molecule is CC(C)(C)N1CCOCC1COC1COC[C@@H](COC2COC[C@H](CO)N2C(C)(C)C)N1C(C)(C)C. The van der Waals surface area contributed by atoms with Gasteiger partial charge < -0.3 is 28.8 Å². The molecule has 1 N–H and O–H groups in total. The van der Waals surface area contributed by atoms with E-state index in [0.29, 0.717) is 46.2 Å². The van der Waals surface area contributed by atoms with Gasteiger partial charge >= 0.3 is 0 Å². The van der Waals surface area contributed by atoms with E-state index in [4.69, 9.17) is 23.7 Å². The van der Waals surface area contributed by atoms with Crippen LogP contribution in [0, 0.1) is 0 Å². The minimum absolute atomic E-state index is 0.0430. The highest BCUT2D eigenvalue weighted by molar-refractivity contribution is 4.92. The summed E-state index contributed by atoms with van der Waals surface area (Å²) in [6, 6.07) is 0.179. The highest BCUT2D eigenvalue weighted by Gasteiger charge is 2.43. The first kappa shape index (κ1) is 30.2. The molecule has 3 aliphatic heterocycles. The van der Waals surface area contributed by atoms with Crippen molar-refractivity contribution in [2.24, 2.45) is 0 Å². The zero-order valence-corrected chi connectivity index (χ0v) is 24.3. The fourth-order valence-electron chi connectivity index (χ4n) is 6.01. The predicted octanol–water partition coefficient (Wildman–Crippen LogP) is 2.16. The summed E-state index contributed by atoms with van der Waals surface area (Å²) < 4.78 is 30.7. The molecule has 3 saturated heterocycles. The average Bonchev–Trinajstić information content (AvgIpc) is 2.79. The van der Waals surface area contributed by atoms with Gasteiger partial charge in [-0.15, -0.1) is 0 Å². The Morgan fingerprint density at radius 1 is 0.639 bits per heavy atom. The summed E-state index contributed by atoms with van der Waals surface area (Å²) >= 11 is 0. The minimum atomic E-state index is -0.223. The van der Waals surface area contributed by atoms with Crippen molar-refractivity contribution in [3.05, 3.63) is 0 Å². The van der Waals surface area contributed by atoms with E-state index >= 15 is 0 Å². The monoisotopic (exact) mass is 515 g/mol. The molecule has 0 aromatic heterocycles. The molecule has 9 nitrogen and oxygen atoms in total. The van der Waals surface area contributed by atoms with Gasteiger partial charge in [-0.3, -0.25) is 14.7 Å². The number of aliphatic hydroxyl groups excluding tert-OH is 1. The van der Waals surface area contributed by atoms with Crippen molar-refractivity contribution < 1.29 is 28.8 Å². The maximum absolute atomic E-state index is 9.94. The molecule has 36 heavy (non-hydrogen) atoms. The van der Waals surface area contributed by atoms with Crippen molar-refractivity contribution in [1.82, 2.24) is 14.7 Å². The van der Waals surface area contributed by atoms with Crippen LogP contribution < -0.4 is 0 Å². The molecule has 0 saturated carbocycles. The van der Waals surface area contributed by atoms with Crippen molar-refractivity contribution in [3.8, 4) is 0 Å². The zero-order valence-electron chi connectivity index (χ0n) is 24.3. The normalized spacial score (nSPS) is 32.7. The van der Waals surface area contributed by atoms with E-state index in [2.05, 4.69) is 77.0 Å². The van der Waals surface area contributed by atoms with Gasteiger partial charge in [-0.25, -0.2) is 0 Å². The third-order valence-electron chi connectivity index (χ3n) is 7.36. The van der Waals surface area contributed by atoms with Crippen LogP contribution in [0.25, 0.3) is 0 Å². The summed E-state index contributed by atoms with van der Waals surface area (Å²) in [7, 11) is 0. The minimum Gasteiger partial charge on any atom is -0.395 e. The Morgan fingerprint density at radius 3 is 1.61 bits per heavy atom. The van der Waals surface area contributed by atoms with E-state index < -0.39 is 0 Å². The van der Waals surface area contributed by atoms with Crippen molar-refractivity contribution >= 4 is 0 Å². The molecule has 0 bridgehead atoms. The zero-order chi connectivity index (χ0) is 26.7. The van der Waals surface area contributed by atoms with Gasteiger partial charge in [0.05, 0.1) is 77.6 Å². The first-order valence-corrected chi connectivity index (χ1v) is 13.6. The Morgan fingerprint density at radius 2 is 1.11 bits per heavy atom. The summed E-state index contributed by atoms with van der Waals surface area (Å²) in [6.45, 7) is 25.5. The first-order chi connectivity index (χ1) is 16.7. The summed E-state index contributed by atoms with van der Waals surface area (Å²) in [5.74, 6) is 0. The lowest BCUT2D eigenvalue weighted by atomic mass is 10.0.